The zero-order valence-corrected chi connectivity index (χ0v) is 15.6. The van der Waals surface area contributed by atoms with Crippen LogP contribution >= 0.6 is 31.9 Å². The molecule has 24 heavy (non-hydrogen) atoms. The Kier molecular flexibility index (Phi) is 5.01. The minimum absolute atomic E-state index is 0.112. The van der Waals surface area contributed by atoms with Gasteiger partial charge in [-0.25, -0.2) is 0 Å². The third-order valence-electron chi connectivity index (χ3n) is 3.38. The zero-order chi connectivity index (χ0) is 17.1. The zero-order valence-electron chi connectivity index (χ0n) is 12.4. The minimum Gasteiger partial charge on any atom is -0.351 e. The fourth-order valence-electron chi connectivity index (χ4n) is 2.24. The molecule has 0 radical (unpaired) electrons. The largest absolute Gasteiger partial charge is 0.351 e. The lowest BCUT2D eigenvalue weighted by atomic mass is 10.2. The van der Waals surface area contributed by atoms with E-state index >= 15 is 0 Å². The molecule has 2 aromatic carbocycles. The van der Waals surface area contributed by atoms with Gasteiger partial charge in [0.15, 0.2) is 0 Å². The molecule has 3 rings (SSSR count). The Labute approximate surface area is 155 Å². The molecule has 1 heterocycles. The van der Waals surface area contributed by atoms with E-state index in [0.29, 0.717) is 11.4 Å². The third kappa shape index (κ3) is 3.85. The first-order valence-electron chi connectivity index (χ1n) is 7.14. The Hall–Kier alpha value is -2.12. The second kappa shape index (κ2) is 7.19. The van der Waals surface area contributed by atoms with Crippen LogP contribution in [0.4, 0.5) is 5.69 Å². The van der Waals surface area contributed by atoms with Crippen molar-refractivity contribution in [2.75, 3.05) is 11.9 Å². The average Bonchev–Trinajstić information content (AvgIpc) is 2.98. The molecule has 0 atom stereocenters. The Morgan fingerprint density at radius 1 is 1.04 bits per heavy atom. The number of aromatic nitrogens is 1. The van der Waals surface area contributed by atoms with Crippen LogP contribution in [0.1, 0.15) is 10.5 Å². The van der Waals surface area contributed by atoms with Crippen molar-refractivity contribution in [3.63, 3.8) is 0 Å². The van der Waals surface area contributed by atoms with E-state index in [4.69, 9.17) is 0 Å². The topological polar surface area (TPSA) is 74.0 Å². The predicted octanol–water partition coefficient (Wildman–Crippen LogP) is 4.06. The standard InChI is InChI=1S/C17H13Br2N3O2/c18-11-5-6-13-10(7-11)8-15(21-13)17(24)20-9-16(23)22-14-4-2-1-3-12(14)19/h1-8,21H,9H2,(H,20,24)(H,22,23). The molecule has 0 bridgehead atoms. The van der Waals surface area contributed by atoms with E-state index in [2.05, 4.69) is 47.5 Å². The molecule has 0 fully saturated rings. The van der Waals surface area contributed by atoms with Crippen LogP contribution < -0.4 is 10.6 Å². The van der Waals surface area contributed by atoms with E-state index in [1.807, 2.05) is 36.4 Å². The summed E-state index contributed by atoms with van der Waals surface area (Å²) in [7, 11) is 0. The monoisotopic (exact) mass is 449 g/mol. The summed E-state index contributed by atoms with van der Waals surface area (Å²) in [5.74, 6) is -0.626. The first-order valence-corrected chi connectivity index (χ1v) is 8.72. The molecule has 3 N–H and O–H groups in total. The van der Waals surface area contributed by atoms with Gasteiger partial charge >= 0.3 is 0 Å². The normalized spacial score (nSPS) is 10.6. The number of carbonyl (C=O) groups is 2. The molecule has 7 heteroatoms. The van der Waals surface area contributed by atoms with Gasteiger partial charge in [-0.15, -0.1) is 0 Å². The number of rotatable bonds is 4. The summed E-state index contributed by atoms with van der Waals surface area (Å²) >= 11 is 6.75. The van der Waals surface area contributed by atoms with Crippen LogP contribution in [0.25, 0.3) is 10.9 Å². The highest BCUT2D eigenvalue weighted by Gasteiger charge is 2.12. The van der Waals surface area contributed by atoms with E-state index in [0.717, 1.165) is 19.8 Å². The second-order valence-electron chi connectivity index (χ2n) is 5.13. The maximum absolute atomic E-state index is 12.2. The Morgan fingerprint density at radius 3 is 2.62 bits per heavy atom. The summed E-state index contributed by atoms with van der Waals surface area (Å²) in [5, 5.41) is 6.26. The van der Waals surface area contributed by atoms with Crippen molar-refractivity contribution < 1.29 is 9.59 Å². The highest BCUT2D eigenvalue weighted by atomic mass is 79.9. The quantitative estimate of drug-likeness (QED) is 0.560. The summed E-state index contributed by atoms with van der Waals surface area (Å²) in [5.41, 5.74) is 1.94. The number of nitrogens with one attached hydrogen (secondary N) is 3. The van der Waals surface area contributed by atoms with Gasteiger partial charge in [0, 0.05) is 19.8 Å². The number of hydrogen-bond acceptors (Lipinski definition) is 2. The molecular weight excluding hydrogens is 438 g/mol. The molecule has 0 aliphatic rings. The van der Waals surface area contributed by atoms with Crippen molar-refractivity contribution >= 4 is 60.3 Å². The summed E-state index contributed by atoms with van der Waals surface area (Å²) < 4.78 is 1.72. The van der Waals surface area contributed by atoms with Crippen molar-refractivity contribution in [3.05, 3.63) is 63.2 Å². The van der Waals surface area contributed by atoms with Crippen LogP contribution in [0, 0.1) is 0 Å². The number of hydrogen-bond donors (Lipinski definition) is 3. The van der Waals surface area contributed by atoms with Crippen molar-refractivity contribution in [1.29, 1.82) is 0 Å². The van der Waals surface area contributed by atoms with E-state index in [9.17, 15) is 9.59 Å². The highest BCUT2D eigenvalue weighted by Crippen LogP contribution is 2.21. The van der Waals surface area contributed by atoms with Gasteiger partial charge in [-0.1, -0.05) is 28.1 Å². The van der Waals surface area contributed by atoms with Gasteiger partial charge in [-0.3, -0.25) is 9.59 Å². The van der Waals surface area contributed by atoms with E-state index < -0.39 is 0 Å². The Bertz CT molecular complexity index is 921. The maximum atomic E-state index is 12.2. The first kappa shape index (κ1) is 16.7. The van der Waals surface area contributed by atoms with Crippen molar-refractivity contribution in [2.24, 2.45) is 0 Å². The number of halogens is 2. The van der Waals surface area contributed by atoms with Gasteiger partial charge in [0.05, 0.1) is 12.2 Å². The molecule has 0 saturated carbocycles. The lowest BCUT2D eigenvalue weighted by Crippen LogP contribution is -2.33. The first-order chi connectivity index (χ1) is 11.5. The lowest BCUT2D eigenvalue weighted by Gasteiger charge is -2.07. The minimum atomic E-state index is -0.329. The fraction of sp³-hybridized carbons (Fsp3) is 0.0588. The van der Waals surface area contributed by atoms with Gasteiger partial charge in [-0.05, 0) is 52.3 Å². The van der Waals surface area contributed by atoms with Gasteiger partial charge < -0.3 is 15.6 Å². The van der Waals surface area contributed by atoms with Crippen LogP contribution in [0.15, 0.2) is 57.5 Å². The molecule has 0 unspecified atom stereocenters. The summed E-state index contributed by atoms with van der Waals surface area (Å²) in [4.78, 5) is 27.2. The van der Waals surface area contributed by atoms with Crippen LogP contribution in [-0.2, 0) is 4.79 Å². The number of para-hydroxylation sites is 1. The summed E-state index contributed by atoms with van der Waals surface area (Å²) in [6.45, 7) is -0.112. The van der Waals surface area contributed by atoms with E-state index in [1.165, 1.54) is 0 Å². The van der Waals surface area contributed by atoms with Crippen molar-refractivity contribution in [3.8, 4) is 0 Å². The molecule has 1 aromatic heterocycles. The van der Waals surface area contributed by atoms with Crippen molar-refractivity contribution in [2.45, 2.75) is 0 Å². The number of fused-ring (bicyclic) bond motifs is 1. The number of benzene rings is 2. The molecule has 0 aliphatic carbocycles. The lowest BCUT2D eigenvalue weighted by molar-refractivity contribution is -0.115. The molecular formula is C17H13Br2N3O2. The number of amides is 2. The predicted molar refractivity (Wildman–Crippen MR) is 101 cm³/mol. The molecule has 0 spiro atoms. The number of carbonyl (C=O) groups excluding carboxylic acids is 2. The summed E-state index contributed by atoms with van der Waals surface area (Å²) in [6, 6.07) is 14.7. The molecule has 0 aliphatic heterocycles. The molecule has 2 amide bonds. The van der Waals surface area contributed by atoms with Crippen LogP contribution in [0.5, 0.6) is 0 Å². The van der Waals surface area contributed by atoms with E-state index in [-0.39, 0.29) is 18.4 Å². The van der Waals surface area contributed by atoms with Gasteiger partial charge in [0.2, 0.25) is 5.91 Å². The van der Waals surface area contributed by atoms with Gasteiger partial charge in [0.25, 0.3) is 5.91 Å². The van der Waals surface area contributed by atoms with Crippen LogP contribution in [0.3, 0.4) is 0 Å². The highest BCUT2D eigenvalue weighted by molar-refractivity contribution is 9.10. The second-order valence-corrected chi connectivity index (χ2v) is 6.90. The third-order valence-corrected chi connectivity index (χ3v) is 4.57. The fourth-order valence-corrected chi connectivity index (χ4v) is 3.00. The average molecular weight is 451 g/mol. The smallest absolute Gasteiger partial charge is 0.268 e. The van der Waals surface area contributed by atoms with Crippen molar-refractivity contribution in [1.82, 2.24) is 10.3 Å². The van der Waals surface area contributed by atoms with Crippen LogP contribution in [0.2, 0.25) is 0 Å². The molecule has 122 valence electrons. The molecule has 0 saturated heterocycles. The number of anilines is 1. The molecule has 5 nitrogen and oxygen atoms in total. The van der Waals surface area contributed by atoms with E-state index in [1.54, 1.807) is 12.1 Å². The van der Waals surface area contributed by atoms with Crippen LogP contribution in [-0.4, -0.2) is 23.3 Å². The number of aromatic amines is 1. The molecule has 3 aromatic rings. The van der Waals surface area contributed by atoms with Gasteiger partial charge in [-0.2, -0.15) is 0 Å². The Balaban J connectivity index is 1.62. The Morgan fingerprint density at radius 2 is 1.83 bits per heavy atom. The summed E-state index contributed by atoms with van der Waals surface area (Å²) in [6.07, 6.45) is 0. The van der Waals surface area contributed by atoms with Gasteiger partial charge in [0.1, 0.15) is 5.69 Å². The SMILES string of the molecule is O=C(CNC(=O)c1cc2cc(Br)ccc2[nH]1)Nc1ccccc1Br. The number of H-pyrrole nitrogens is 1. The maximum Gasteiger partial charge on any atom is 0.268 e.